The van der Waals surface area contributed by atoms with Crippen LogP contribution in [0.4, 0.5) is 0 Å². The minimum Gasteiger partial charge on any atom is -0.449 e. The quantitative estimate of drug-likeness (QED) is 0.772. The van der Waals surface area contributed by atoms with E-state index in [1.807, 2.05) is 0 Å². The van der Waals surface area contributed by atoms with E-state index in [1.54, 1.807) is 18.2 Å². The zero-order valence-corrected chi connectivity index (χ0v) is 13.6. The van der Waals surface area contributed by atoms with Crippen molar-refractivity contribution in [2.45, 2.75) is 49.0 Å². The molecule has 3 rings (SSSR count). The molecule has 1 aliphatic carbocycles. The predicted molar refractivity (Wildman–Crippen MR) is 83.0 cm³/mol. The first kappa shape index (κ1) is 15.6. The van der Waals surface area contributed by atoms with Crippen LogP contribution in [0.1, 0.15) is 38.5 Å². The summed E-state index contributed by atoms with van der Waals surface area (Å²) >= 11 is 6.37. The molecule has 0 amide bonds. The summed E-state index contributed by atoms with van der Waals surface area (Å²) in [6.45, 7) is 0. The van der Waals surface area contributed by atoms with Gasteiger partial charge in [0, 0.05) is 0 Å². The summed E-state index contributed by atoms with van der Waals surface area (Å²) in [6, 6.07) is 7.86. The summed E-state index contributed by atoms with van der Waals surface area (Å²) in [6.07, 6.45) is 5.02. The number of hydrogen-bond acceptors (Lipinski definition) is 4. The zero-order valence-electron chi connectivity index (χ0n) is 12.0. The van der Waals surface area contributed by atoms with E-state index >= 15 is 0 Å². The van der Waals surface area contributed by atoms with Gasteiger partial charge in [-0.2, -0.15) is 0 Å². The third-order valence-electron chi connectivity index (χ3n) is 4.31. The fraction of sp³-hybridized carbons (Fsp3) is 0.438. The van der Waals surface area contributed by atoms with Crippen molar-refractivity contribution in [2.24, 2.45) is 0 Å². The first-order valence-electron chi connectivity index (χ1n) is 7.41. The molecule has 1 aromatic rings. The van der Waals surface area contributed by atoms with Crippen LogP contribution in [0.5, 0.6) is 0 Å². The lowest BCUT2D eigenvalue weighted by molar-refractivity contribution is -0.147. The highest BCUT2D eigenvalue weighted by Gasteiger charge is 2.51. The molecule has 4 nitrogen and oxygen atoms in total. The Labute approximate surface area is 135 Å². The molecule has 0 atom stereocenters. The summed E-state index contributed by atoms with van der Waals surface area (Å²) in [7, 11) is -3.95. The van der Waals surface area contributed by atoms with Gasteiger partial charge in [0.2, 0.25) is 9.84 Å². The van der Waals surface area contributed by atoms with Gasteiger partial charge in [-0.25, -0.2) is 13.2 Å². The Balaban J connectivity index is 2.09. The largest absolute Gasteiger partial charge is 0.449 e. The first-order valence-corrected chi connectivity index (χ1v) is 9.27. The van der Waals surface area contributed by atoms with Gasteiger partial charge in [0.15, 0.2) is 4.91 Å². The number of carbonyl (C=O) groups excluding carboxylic acids is 1. The van der Waals surface area contributed by atoms with Crippen molar-refractivity contribution in [2.75, 3.05) is 0 Å². The van der Waals surface area contributed by atoms with E-state index < -0.39 is 21.4 Å². The van der Waals surface area contributed by atoms with E-state index in [0.29, 0.717) is 12.8 Å². The standard InChI is InChI=1S/C16H17ClO4S/c17-14-13(22(19,20)12-8-4-3-5-9-12)15(18)21-16(14)10-6-1-2-7-11-16/h3-5,8-9H,1-2,6-7,10-11H2. The normalized spacial score (nSPS) is 21.8. The summed E-state index contributed by atoms with van der Waals surface area (Å²) < 4.78 is 30.9. The minimum absolute atomic E-state index is 0.0586. The second kappa shape index (κ2) is 5.70. The van der Waals surface area contributed by atoms with Crippen molar-refractivity contribution in [1.29, 1.82) is 0 Å². The van der Waals surface area contributed by atoms with Gasteiger partial charge < -0.3 is 4.74 Å². The first-order chi connectivity index (χ1) is 10.5. The van der Waals surface area contributed by atoms with Crippen molar-refractivity contribution in [1.82, 2.24) is 0 Å². The molecule has 1 aromatic carbocycles. The average molecular weight is 341 g/mol. The Morgan fingerprint density at radius 3 is 2.18 bits per heavy atom. The molecule has 0 bridgehead atoms. The summed E-state index contributed by atoms with van der Waals surface area (Å²) in [5.74, 6) is -0.823. The maximum Gasteiger partial charge on any atom is 0.352 e. The topological polar surface area (TPSA) is 60.4 Å². The SMILES string of the molecule is O=C1OC2(CCCCCC2)C(Cl)=C1S(=O)(=O)c1ccccc1. The fourth-order valence-electron chi connectivity index (χ4n) is 3.13. The smallest absolute Gasteiger partial charge is 0.352 e. The Morgan fingerprint density at radius 1 is 1.00 bits per heavy atom. The van der Waals surface area contributed by atoms with Gasteiger partial charge in [-0.05, 0) is 37.8 Å². The highest BCUT2D eigenvalue weighted by Crippen LogP contribution is 2.47. The van der Waals surface area contributed by atoms with Gasteiger partial charge in [-0.3, -0.25) is 0 Å². The lowest BCUT2D eigenvalue weighted by atomic mass is 9.94. The van der Waals surface area contributed by atoms with Crippen molar-refractivity contribution in [3.63, 3.8) is 0 Å². The van der Waals surface area contributed by atoms with Crippen LogP contribution in [0, 0.1) is 0 Å². The third kappa shape index (κ3) is 2.46. The predicted octanol–water partition coefficient (Wildman–Crippen LogP) is 3.56. The highest BCUT2D eigenvalue weighted by atomic mass is 35.5. The van der Waals surface area contributed by atoms with Gasteiger partial charge >= 0.3 is 5.97 Å². The van der Waals surface area contributed by atoms with Crippen LogP contribution in [0.3, 0.4) is 0 Å². The monoisotopic (exact) mass is 340 g/mol. The number of esters is 1. The van der Waals surface area contributed by atoms with Crippen LogP contribution in [-0.4, -0.2) is 20.0 Å². The molecule has 1 fully saturated rings. The number of sulfone groups is 1. The molecule has 1 heterocycles. The Bertz CT molecular complexity index is 714. The average Bonchev–Trinajstić information content (AvgIpc) is 2.67. The van der Waals surface area contributed by atoms with Crippen LogP contribution in [0.2, 0.25) is 0 Å². The molecule has 1 aliphatic heterocycles. The van der Waals surface area contributed by atoms with Crippen LogP contribution in [0.15, 0.2) is 45.2 Å². The molecule has 0 aromatic heterocycles. The van der Waals surface area contributed by atoms with E-state index in [-0.39, 0.29) is 14.8 Å². The second-order valence-electron chi connectivity index (χ2n) is 5.76. The van der Waals surface area contributed by atoms with Crippen LogP contribution >= 0.6 is 11.6 Å². The number of halogens is 1. The molecule has 0 unspecified atom stereocenters. The van der Waals surface area contributed by atoms with Gasteiger partial charge in [0.05, 0.1) is 9.93 Å². The maximum atomic E-state index is 12.7. The van der Waals surface area contributed by atoms with Crippen molar-refractivity contribution < 1.29 is 17.9 Å². The molecular formula is C16H17ClO4S. The van der Waals surface area contributed by atoms with Gasteiger partial charge in [0.25, 0.3) is 0 Å². The molecule has 22 heavy (non-hydrogen) atoms. The summed E-state index contributed by atoms with van der Waals surface area (Å²) in [5.41, 5.74) is -0.938. The second-order valence-corrected chi connectivity index (χ2v) is 8.02. The van der Waals surface area contributed by atoms with Crippen LogP contribution in [-0.2, 0) is 19.4 Å². The third-order valence-corrected chi connectivity index (χ3v) is 6.75. The van der Waals surface area contributed by atoms with E-state index in [2.05, 4.69) is 0 Å². The molecule has 0 saturated heterocycles. The Kier molecular flexibility index (Phi) is 4.03. The molecule has 1 saturated carbocycles. The van der Waals surface area contributed by atoms with Crippen molar-refractivity contribution in [3.05, 3.63) is 40.3 Å². The molecular weight excluding hydrogens is 324 g/mol. The lowest BCUT2D eigenvalue weighted by Gasteiger charge is -2.26. The Morgan fingerprint density at radius 2 is 1.59 bits per heavy atom. The molecule has 6 heteroatoms. The van der Waals surface area contributed by atoms with Crippen molar-refractivity contribution >= 4 is 27.4 Å². The minimum atomic E-state index is -3.95. The number of benzene rings is 1. The van der Waals surface area contributed by atoms with Crippen LogP contribution in [0.25, 0.3) is 0 Å². The fourth-order valence-corrected chi connectivity index (χ4v) is 5.18. The number of ether oxygens (including phenoxy) is 1. The van der Waals surface area contributed by atoms with E-state index in [1.165, 1.54) is 12.1 Å². The highest BCUT2D eigenvalue weighted by molar-refractivity contribution is 7.96. The number of hydrogen-bond donors (Lipinski definition) is 0. The molecule has 0 radical (unpaired) electrons. The van der Waals surface area contributed by atoms with E-state index in [4.69, 9.17) is 16.3 Å². The number of carbonyl (C=O) groups is 1. The van der Waals surface area contributed by atoms with Gasteiger partial charge in [-0.15, -0.1) is 0 Å². The molecule has 118 valence electrons. The maximum absolute atomic E-state index is 12.7. The van der Waals surface area contributed by atoms with Gasteiger partial charge in [0.1, 0.15) is 5.60 Å². The van der Waals surface area contributed by atoms with Crippen LogP contribution < -0.4 is 0 Å². The lowest BCUT2D eigenvalue weighted by Crippen LogP contribution is -2.29. The molecule has 1 spiro atoms. The summed E-state index contributed by atoms with van der Waals surface area (Å²) in [4.78, 5) is 11.9. The van der Waals surface area contributed by atoms with E-state index in [9.17, 15) is 13.2 Å². The van der Waals surface area contributed by atoms with E-state index in [0.717, 1.165) is 25.7 Å². The Hall–Kier alpha value is -1.33. The zero-order chi connectivity index (χ0) is 15.8. The van der Waals surface area contributed by atoms with Crippen molar-refractivity contribution in [3.8, 4) is 0 Å². The summed E-state index contributed by atoms with van der Waals surface area (Å²) in [5, 5.41) is 0.0586. The number of rotatable bonds is 2. The molecule has 0 N–H and O–H groups in total. The molecule has 2 aliphatic rings. The van der Waals surface area contributed by atoms with Gasteiger partial charge in [-0.1, -0.05) is 42.6 Å².